The van der Waals surface area contributed by atoms with E-state index in [1.165, 1.54) is 6.33 Å². The van der Waals surface area contributed by atoms with Crippen molar-refractivity contribution in [3.05, 3.63) is 47.1 Å². The van der Waals surface area contributed by atoms with Crippen molar-refractivity contribution in [1.29, 1.82) is 0 Å². The maximum Gasteiger partial charge on any atom is 0.420 e. The fourth-order valence-electron chi connectivity index (χ4n) is 4.44. The van der Waals surface area contributed by atoms with E-state index < -0.39 is 23.4 Å². The lowest BCUT2D eigenvalue weighted by molar-refractivity contribution is -0.137. The number of aryl methyl sites for hydroxylation is 1. The van der Waals surface area contributed by atoms with Crippen molar-refractivity contribution in [2.24, 2.45) is 7.05 Å². The third-order valence-corrected chi connectivity index (χ3v) is 5.98. The Labute approximate surface area is 192 Å². The highest BCUT2D eigenvalue weighted by Crippen LogP contribution is 2.48. The van der Waals surface area contributed by atoms with Crippen LogP contribution >= 0.6 is 0 Å². The minimum atomic E-state index is -4.81. The molecule has 3 aromatic rings. The SMILES string of the molecule is CC1Cc2oc(C(=O)NCc3cn(C)cn3)c(C(F)(F)F)c2-c2nn(C[C@H]3COCCO3)cc21. The number of alkyl halides is 3. The molecular formula is C22H24F3N5O4. The first-order valence-electron chi connectivity index (χ1n) is 11.0. The zero-order valence-electron chi connectivity index (χ0n) is 18.7. The van der Waals surface area contributed by atoms with Crippen LogP contribution in [0, 0.1) is 0 Å². The van der Waals surface area contributed by atoms with Crippen molar-refractivity contribution >= 4 is 5.91 Å². The number of aromatic nitrogens is 4. The highest BCUT2D eigenvalue weighted by molar-refractivity contribution is 5.96. The van der Waals surface area contributed by atoms with E-state index in [4.69, 9.17) is 13.9 Å². The van der Waals surface area contributed by atoms with Gasteiger partial charge in [-0.25, -0.2) is 4.98 Å². The van der Waals surface area contributed by atoms with Gasteiger partial charge in [0.2, 0.25) is 5.76 Å². The second-order valence-electron chi connectivity index (χ2n) is 8.64. The molecule has 0 aromatic carbocycles. The van der Waals surface area contributed by atoms with Gasteiger partial charge in [0.05, 0.1) is 56.2 Å². The van der Waals surface area contributed by atoms with Crippen molar-refractivity contribution in [3.63, 3.8) is 0 Å². The maximum absolute atomic E-state index is 14.2. The Bertz CT molecular complexity index is 1210. The molecule has 5 rings (SSSR count). The largest absolute Gasteiger partial charge is 0.455 e. The topological polar surface area (TPSA) is 96.3 Å². The van der Waals surface area contributed by atoms with Crippen LogP contribution in [0.25, 0.3) is 11.3 Å². The van der Waals surface area contributed by atoms with Crippen molar-refractivity contribution in [2.75, 3.05) is 19.8 Å². The van der Waals surface area contributed by atoms with Gasteiger partial charge < -0.3 is 23.8 Å². The van der Waals surface area contributed by atoms with Crippen molar-refractivity contribution in [3.8, 4) is 11.3 Å². The van der Waals surface area contributed by atoms with Gasteiger partial charge in [0.25, 0.3) is 5.91 Å². The third-order valence-electron chi connectivity index (χ3n) is 5.98. The molecule has 2 atom stereocenters. The minimum absolute atomic E-state index is 0.0257. The molecule has 1 fully saturated rings. The van der Waals surface area contributed by atoms with Gasteiger partial charge in [-0.2, -0.15) is 18.3 Å². The van der Waals surface area contributed by atoms with Crippen LogP contribution in [0.4, 0.5) is 13.2 Å². The lowest BCUT2D eigenvalue weighted by atomic mass is 9.86. The van der Waals surface area contributed by atoms with E-state index in [-0.39, 0.29) is 42.0 Å². The summed E-state index contributed by atoms with van der Waals surface area (Å²) < 4.78 is 62.6. The van der Waals surface area contributed by atoms with Crippen LogP contribution in [0.3, 0.4) is 0 Å². The molecule has 0 spiro atoms. The third kappa shape index (κ3) is 4.23. The summed E-state index contributed by atoms with van der Waals surface area (Å²) in [4.78, 5) is 16.8. The number of carbonyl (C=O) groups is 1. The number of amides is 1. The number of ether oxygens (including phenoxy) is 2. The fraction of sp³-hybridized carbons (Fsp3) is 0.500. The Morgan fingerprint density at radius 3 is 2.79 bits per heavy atom. The smallest absolute Gasteiger partial charge is 0.420 e. The molecule has 1 unspecified atom stereocenters. The molecule has 0 saturated carbocycles. The van der Waals surface area contributed by atoms with E-state index in [1.54, 1.807) is 28.7 Å². The zero-order valence-corrected chi connectivity index (χ0v) is 18.7. The predicted octanol–water partition coefficient (Wildman–Crippen LogP) is 2.90. The van der Waals surface area contributed by atoms with Gasteiger partial charge >= 0.3 is 6.18 Å². The van der Waals surface area contributed by atoms with Gasteiger partial charge in [-0.15, -0.1) is 0 Å². The van der Waals surface area contributed by atoms with Gasteiger partial charge in [-0.1, -0.05) is 6.92 Å². The number of nitrogens with zero attached hydrogens (tertiary/aromatic N) is 4. The monoisotopic (exact) mass is 479 g/mol. The summed E-state index contributed by atoms with van der Waals surface area (Å²) in [5.74, 6) is -1.73. The molecule has 3 aromatic heterocycles. The quantitative estimate of drug-likeness (QED) is 0.605. The highest BCUT2D eigenvalue weighted by atomic mass is 19.4. The van der Waals surface area contributed by atoms with E-state index in [0.717, 1.165) is 0 Å². The van der Waals surface area contributed by atoms with Gasteiger partial charge in [0.15, 0.2) is 0 Å². The predicted molar refractivity (Wildman–Crippen MR) is 112 cm³/mol. The molecule has 1 N–H and O–H groups in total. The number of nitrogens with one attached hydrogen (secondary N) is 1. The summed E-state index contributed by atoms with van der Waals surface area (Å²) in [7, 11) is 1.76. The molecule has 4 heterocycles. The number of rotatable bonds is 5. The summed E-state index contributed by atoms with van der Waals surface area (Å²) in [6.45, 7) is 3.59. The minimum Gasteiger partial charge on any atom is -0.455 e. The van der Waals surface area contributed by atoms with Gasteiger partial charge in [-0.05, 0) is 5.92 Å². The molecule has 0 radical (unpaired) electrons. The van der Waals surface area contributed by atoms with E-state index in [1.807, 2.05) is 6.92 Å². The lowest BCUT2D eigenvalue weighted by Gasteiger charge is -2.22. The summed E-state index contributed by atoms with van der Waals surface area (Å²) >= 11 is 0. The van der Waals surface area contributed by atoms with E-state index in [0.29, 0.717) is 37.6 Å². The lowest BCUT2D eigenvalue weighted by Crippen LogP contribution is -2.32. The van der Waals surface area contributed by atoms with Gasteiger partial charge in [0, 0.05) is 31.4 Å². The Morgan fingerprint density at radius 2 is 2.12 bits per heavy atom. The molecule has 1 aliphatic heterocycles. The van der Waals surface area contributed by atoms with Gasteiger partial charge in [0.1, 0.15) is 17.4 Å². The molecule has 12 heteroatoms. The van der Waals surface area contributed by atoms with Crippen LogP contribution in [-0.2, 0) is 42.2 Å². The molecule has 1 amide bonds. The number of hydrogen-bond donors (Lipinski definition) is 1. The molecule has 9 nitrogen and oxygen atoms in total. The number of halogens is 3. The molecule has 1 aliphatic carbocycles. The molecule has 182 valence electrons. The van der Waals surface area contributed by atoms with Gasteiger partial charge in [-0.3, -0.25) is 9.48 Å². The van der Waals surface area contributed by atoms with E-state index in [2.05, 4.69) is 15.4 Å². The number of hydrogen-bond acceptors (Lipinski definition) is 6. The summed E-state index contributed by atoms with van der Waals surface area (Å²) in [6.07, 6.45) is 0.140. The average Bonchev–Trinajstić information content (AvgIpc) is 3.49. The van der Waals surface area contributed by atoms with Crippen LogP contribution < -0.4 is 5.32 Å². The van der Waals surface area contributed by atoms with Crippen LogP contribution in [0.5, 0.6) is 0 Å². The zero-order chi connectivity index (χ0) is 24.0. The van der Waals surface area contributed by atoms with E-state index in [9.17, 15) is 18.0 Å². The number of furan rings is 1. The first-order chi connectivity index (χ1) is 16.2. The fourth-order valence-corrected chi connectivity index (χ4v) is 4.44. The first kappa shape index (κ1) is 22.7. The molecule has 1 saturated heterocycles. The van der Waals surface area contributed by atoms with Crippen molar-refractivity contribution < 1.29 is 31.9 Å². The summed E-state index contributed by atoms with van der Waals surface area (Å²) in [6, 6.07) is 0. The van der Waals surface area contributed by atoms with Crippen molar-refractivity contribution in [1.82, 2.24) is 24.6 Å². The Hall–Kier alpha value is -3.12. The second-order valence-corrected chi connectivity index (χ2v) is 8.64. The van der Waals surface area contributed by atoms with Crippen LogP contribution in [0.2, 0.25) is 0 Å². The van der Waals surface area contributed by atoms with Crippen molar-refractivity contribution in [2.45, 2.75) is 44.6 Å². The van der Waals surface area contributed by atoms with Crippen LogP contribution in [-0.4, -0.2) is 51.2 Å². The number of fused-ring (bicyclic) bond motifs is 3. The average molecular weight is 479 g/mol. The Kier molecular flexibility index (Phi) is 5.72. The molecule has 0 bridgehead atoms. The van der Waals surface area contributed by atoms with Crippen LogP contribution in [0.15, 0.2) is 23.1 Å². The molecular weight excluding hydrogens is 455 g/mol. The molecule has 2 aliphatic rings. The molecule has 34 heavy (non-hydrogen) atoms. The Balaban J connectivity index is 1.49. The van der Waals surface area contributed by atoms with E-state index >= 15 is 0 Å². The Morgan fingerprint density at radius 1 is 1.29 bits per heavy atom. The van der Waals surface area contributed by atoms with Crippen LogP contribution in [0.1, 0.15) is 46.0 Å². The number of carbonyl (C=O) groups excluding carboxylic acids is 1. The first-order valence-corrected chi connectivity index (χ1v) is 11.0. The highest BCUT2D eigenvalue weighted by Gasteiger charge is 2.46. The summed E-state index contributed by atoms with van der Waals surface area (Å²) in [5, 5.41) is 6.94. The standard InChI is InChI=1S/C22H24F3N5O4/c1-12-5-16-17(19-15(12)9-30(28-19)8-14-10-32-3-4-33-14)18(22(23,24)25)20(34-16)21(31)26-6-13-7-29(2)11-27-13/h7,9,11-12,14H,3-6,8,10H2,1-2H3,(H,26,31)/t12?,14-/m0/s1. The second kappa shape index (κ2) is 8.58. The maximum atomic E-state index is 14.2. The normalized spacial score (nSPS) is 20.1. The summed E-state index contributed by atoms with van der Waals surface area (Å²) in [5.41, 5.74) is 0.116. The number of imidazole rings is 1.